The quantitative estimate of drug-likeness (QED) is 0.607. The highest BCUT2D eigenvalue weighted by Crippen LogP contribution is 2.28. The zero-order chi connectivity index (χ0) is 19.1. The van der Waals surface area contributed by atoms with E-state index in [0.29, 0.717) is 33.7 Å². The van der Waals surface area contributed by atoms with Crippen LogP contribution < -0.4 is 10.3 Å². The van der Waals surface area contributed by atoms with Gasteiger partial charge in [0.1, 0.15) is 17.1 Å². The maximum absolute atomic E-state index is 12.6. The second-order valence-electron chi connectivity index (χ2n) is 6.39. The van der Waals surface area contributed by atoms with Crippen molar-refractivity contribution >= 4 is 22.5 Å². The number of methoxy groups -OCH3 is 1. The minimum absolute atomic E-state index is 0.205. The van der Waals surface area contributed by atoms with Crippen LogP contribution in [0.1, 0.15) is 10.4 Å². The van der Waals surface area contributed by atoms with Crippen molar-refractivity contribution in [2.75, 3.05) is 21.2 Å². The summed E-state index contributed by atoms with van der Waals surface area (Å²) in [4.78, 5) is 33.8. The van der Waals surface area contributed by atoms with E-state index in [1.807, 2.05) is 30.3 Å². The Hall–Kier alpha value is -3.61. The number of carbonyl (C=O) groups is 1. The highest BCUT2D eigenvalue weighted by atomic mass is 16.5. The molecular weight excluding hydrogens is 344 g/mol. The van der Waals surface area contributed by atoms with Crippen LogP contribution in [0.5, 0.6) is 5.75 Å². The summed E-state index contributed by atoms with van der Waals surface area (Å²) in [6.07, 6.45) is 1.55. The van der Waals surface area contributed by atoms with E-state index in [2.05, 4.69) is 9.97 Å². The SMILES string of the molecule is COc1cc2c(cc1C(=O)N(C)C)[nH]c(=O)c1cnc(-c3ccccc3)n12. The minimum atomic E-state index is -0.273. The van der Waals surface area contributed by atoms with Gasteiger partial charge in [-0.25, -0.2) is 4.98 Å². The Morgan fingerprint density at radius 2 is 1.89 bits per heavy atom. The number of nitrogens with zero attached hydrogens (tertiary/aromatic N) is 3. The number of ether oxygens (including phenoxy) is 1. The molecule has 0 unspecified atom stereocenters. The Labute approximate surface area is 154 Å². The van der Waals surface area contributed by atoms with Gasteiger partial charge < -0.3 is 14.6 Å². The normalized spacial score (nSPS) is 11.1. The molecule has 2 aromatic carbocycles. The van der Waals surface area contributed by atoms with Gasteiger partial charge >= 0.3 is 0 Å². The number of hydrogen-bond donors (Lipinski definition) is 1. The first-order chi connectivity index (χ1) is 13.0. The molecule has 7 nitrogen and oxygen atoms in total. The molecule has 0 aliphatic carbocycles. The van der Waals surface area contributed by atoms with Crippen LogP contribution in [0.4, 0.5) is 0 Å². The molecule has 0 atom stereocenters. The number of hydrogen-bond acceptors (Lipinski definition) is 4. The summed E-state index contributed by atoms with van der Waals surface area (Å²) in [6, 6.07) is 13.0. The van der Waals surface area contributed by atoms with Gasteiger partial charge in [0, 0.05) is 25.7 Å². The Kier molecular flexibility index (Phi) is 3.92. The van der Waals surface area contributed by atoms with E-state index >= 15 is 0 Å². The molecule has 0 aliphatic heterocycles. The summed E-state index contributed by atoms with van der Waals surface area (Å²) >= 11 is 0. The van der Waals surface area contributed by atoms with Gasteiger partial charge in [-0.15, -0.1) is 0 Å². The lowest BCUT2D eigenvalue weighted by Crippen LogP contribution is -2.22. The van der Waals surface area contributed by atoms with Gasteiger partial charge in [0.25, 0.3) is 11.5 Å². The van der Waals surface area contributed by atoms with Crippen molar-refractivity contribution in [3.8, 4) is 17.1 Å². The van der Waals surface area contributed by atoms with Crippen LogP contribution in [0, 0.1) is 0 Å². The predicted octanol–water partition coefficient (Wildman–Crippen LogP) is 2.55. The fourth-order valence-electron chi connectivity index (χ4n) is 3.16. The smallest absolute Gasteiger partial charge is 0.274 e. The van der Waals surface area contributed by atoms with Crippen molar-refractivity contribution < 1.29 is 9.53 Å². The number of aromatic amines is 1. The van der Waals surface area contributed by atoms with Crippen molar-refractivity contribution in [1.29, 1.82) is 0 Å². The first-order valence-electron chi connectivity index (χ1n) is 8.40. The molecule has 0 saturated heterocycles. The van der Waals surface area contributed by atoms with E-state index in [1.165, 1.54) is 12.0 Å². The molecule has 0 bridgehead atoms. The average Bonchev–Trinajstić information content (AvgIpc) is 3.13. The van der Waals surface area contributed by atoms with Gasteiger partial charge in [0.15, 0.2) is 0 Å². The predicted molar refractivity (Wildman–Crippen MR) is 103 cm³/mol. The van der Waals surface area contributed by atoms with Gasteiger partial charge in [-0.3, -0.25) is 14.0 Å². The molecule has 0 aliphatic rings. The second kappa shape index (κ2) is 6.28. The summed E-state index contributed by atoms with van der Waals surface area (Å²) in [5.41, 5.74) is 2.66. The van der Waals surface area contributed by atoms with E-state index in [1.54, 1.807) is 36.8 Å². The molecular formula is C20H18N4O3. The molecule has 0 saturated carbocycles. The number of H-pyrrole nitrogens is 1. The fourth-order valence-corrected chi connectivity index (χ4v) is 3.16. The van der Waals surface area contributed by atoms with Crippen LogP contribution in [0.3, 0.4) is 0 Å². The molecule has 0 spiro atoms. The lowest BCUT2D eigenvalue weighted by molar-refractivity contribution is 0.0824. The topological polar surface area (TPSA) is 79.7 Å². The maximum Gasteiger partial charge on any atom is 0.274 e. The number of aromatic nitrogens is 3. The van der Waals surface area contributed by atoms with Crippen LogP contribution in [0.25, 0.3) is 27.9 Å². The first kappa shape index (κ1) is 16.8. The van der Waals surface area contributed by atoms with Crippen molar-refractivity contribution in [3.63, 3.8) is 0 Å². The Bertz CT molecular complexity index is 1220. The Morgan fingerprint density at radius 1 is 1.15 bits per heavy atom. The summed E-state index contributed by atoms with van der Waals surface area (Å²) in [5.74, 6) is 0.876. The molecule has 136 valence electrons. The number of nitrogens with one attached hydrogen (secondary N) is 1. The summed E-state index contributed by atoms with van der Waals surface area (Å²) in [6.45, 7) is 0. The van der Waals surface area contributed by atoms with E-state index in [-0.39, 0.29) is 11.5 Å². The fraction of sp³-hybridized carbons (Fsp3) is 0.150. The Balaban J connectivity index is 2.10. The molecule has 27 heavy (non-hydrogen) atoms. The highest BCUT2D eigenvalue weighted by molar-refractivity contribution is 6.00. The molecule has 0 radical (unpaired) electrons. The van der Waals surface area contributed by atoms with Crippen molar-refractivity contribution in [3.05, 3.63) is 64.6 Å². The maximum atomic E-state index is 12.6. The van der Waals surface area contributed by atoms with Gasteiger partial charge in [-0.05, 0) is 6.07 Å². The third-order valence-corrected chi connectivity index (χ3v) is 4.47. The number of benzene rings is 2. The molecule has 0 fully saturated rings. The van der Waals surface area contributed by atoms with Gasteiger partial charge in [0.2, 0.25) is 0 Å². The third-order valence-electron chi connectivity index (χ3n) is 4.47. The van der Waals surface area contributed by atoms with Crippen LogP contribution in [-0.2, 0) is 0 Å². The van der Waals surface area contributed by atoms with Gasteiger partial charge in [0.05, 0.1) is 29.9 Å². The molecule has 7 heteroatoms. The highest BCUT2D eigenvalue weighted by Gasteiger charge is 2.19. The standard InChI is InChI=1S/C20H18N4O3/c1-23(2)20(26)13-9-14-15(10-17(13)27-3)24-16(19(25)22-14)11-21-18(24)12-7-5-4-6-8-12/h4-11H,1-3H3,(H,22,25). The third kappa shape index (κ3) is 2.64. The summed E-state index contributed by atoms with van der Waals surface area (Å²) < 4.78 is 7.24. The monoisotopic (exact) mass is 362 g/mol. The number of fused-ring (bicyclic) bond motifs is 3. The number of imidazole rings is 1. The van der Waals surface area contributed by atoms with Gasteiger partial charge in [-0.2, -0.15) is 0 Å². The first-order valence-corrected chi connectivity index (χ1v) is 8.40. The zero-order valence-corrected chi connectivity index (χ0v) is 15.2. The molecule has 4 rings (SSSR count). The summed E-state index contributed by atoms with van der Waals surface area (Å²) in [5, 5.41) is 0. The molecule has 1 N–H and O–H groups in total. The van der Waals surface area contributed by atoms with Crippen molar-refractivity contribution in [1.82, 2.24) is 19.3 Å². The van der Waals surface area contributed by atoms with Crippen molar-refractivity contribution in [2.45, 2.75) is 0 Å². The van der Waals surface area contributed by atoms with Crippen molar-refractivity contribution in [2.24, 2.45) is 0 Å². The number of rotatable bonds is 3. The minimum Gasteiger partial charge on any atom is -0.496 e. The van der Waals surface area contributed by atoms with Crippen LogP contribution >= 0.6 is 0 Å². The van der Waals surface area contributed by atoms with E-state index < -0.39 is 0 Å². The largest absolute Gasteiger partial charge is 0.496 e. The Morgan fingerprint density at radius 3 is 2.56 bits per heavy atom. The zero-order valence-electron chi connectivity index (χ0n) is 15.2. The molecule has 4 aromatic rings. The van der Waals surface area contributed by atoms with E-state index in [0.717, 1.165) is 5.56 Å². The second-order valence-corrected chi connectivity index (χ2v) is 6.39. The van der Waals surface area contributed by atoms with Gasteiger partial charge in [-0.1, -0.05) is 30.3 Å². The van der Waals surface area contributed by atoms with Crippen LogP contribution in [-0.4, -0.2) is 46.4 Å². The average molecular weight is 362 g/mol. The molecule has 2 heterocycles. The lowest BCUT2D eigenvalue weighted by atomic mass is 10.1. The van der Waals surface area contributed by atoms with E-state index in [4.69, 9.17) is 4.74 Å². The van der Waals surface area contributed by atoms with Crippen LogP contribution in [0.15, 0.2) is 53.5 Å². The van der Waals surface area contributed by atoms with Crippen LogP contribution in [0.2, 0.25) is 0 Å². The molecule has 2 aromatic heterocycles. The summed E-state index contributed by atoms with van der Waals surface area (Å²) in [7, 11) is 4.85. The lowest BCUT2D eigenvalue weighted by Gasteiger charge is -2.15. The van der Waals surface area contributed by atoms with E-state index in [9.17, 15) is 9.59 Å². The molecule has 1 amide bonds. The number of amides is 1. The number of carbonyl (C=O) groups excluding carboxylic acids is 1.